The summed E-state index contributed by atoms with van der Waals surface area (Å²) in [5, 5.41) is 9.87. The van der Waals surface area contributed by atoms with E-state index in [2.05, 4.69) is 31.2 Å². The van der Waals surface area contributed by atoms with Crippen LogP contribution in [0.4, 0.5) is 5.69 Å². The first-order valence-corrected chi connectivity index (χ1v) is 6.58. The summed E-state index contributed by atoms with van der Waals surface area (Å²) in [6.45, 7) is 4.26. The summed E-state index contributed by atoms with van der Waals surface area (Å²) in [6, 6.07) is 13.5. The van der Waals surface area contributed by atoms with Crippen LogP contribution in [0.5, 0.6) is 5.75 Å². The van der Waals surface area contributed by atoms with Crippen molar-refractivity contribution in [3.63, 3.8) is 0 Å². The van der Waals surface area contributed by atoms with Crippen LogP contribution in [0.2, 0.25) is 0 Å². The maximum Gasteiger partial charge on any atom is 0.163 e. The maximum atomic E-state index is 11.3. The maximum absolute atomic E-state index is 11.3. The van der Waals surface area contributed by atoms with Gasteiger partial charge in [0.15, 0.2) is 5.78 Å². The number of rotatable bonds is 4. The van der Waals surface area contributed by atoms with Gasteiger partial charge < -0.3 is 10.0 Å². The molecule has 0 saturated heterocycles. The minimum atomic E-state index is -0.129. The second-order valence-electron chi connectivity index (χ2n) is 5.10. The van der Waals surface area contributed by atoms with Gasteiger partial charge >= 0.3 is 0 Å². The number of hydrogen-bond donors (Lipinski definition) is 1. The van der Waals surface area contributed by atoms with Crippen LogP contribution >= 0.6 is 0 Å². The lowest BCUT2D eigenvalue weighted by molar-refractivity contribution is 0.101. The van der Waals surface area contributed by atoms with Crippen molar-refractivity contribution >= 4 is 11.5 Å². The third-order valence-corrected chi connectivity index (χ3v) is 3.34. The summed E-state index contributed by atoms with van der Waals surface area (Å²) in [5.41, 5.74) is 3.68. The molecule has 0 radical (unpaired) electrons. The Labute approximate surface area is 119 Å². The third kappa shape index (κ3) is 3.18. The minimum absolute atomic E-state index is 0.0331. The monoisotopic (exact) mass is 269 g/mol. The van der Waals surface area contributed by atoms with Gasteiger partial charge in [-0.3, -0.25) is 4.79 Å². The molecule has 0 atom stereocenters. The van der Waals surface area contributed by atoms with Crippen molar-refractivity contribution in [1.29, 1.82) is 0 Å². The van der Waals surface area contributed by atoms with Gasteiger partial charge in [-0.15, -0.1) is 0 Å². The van der Waals surface area contributed by atoms with Gasteiger partial charge in [0, 0.05) is 25.3 Å². The predicted molar refractivity (Wildman–Crippen MR) is 81.4 cm³/mol. The van der Waals surface area contributed by atoms with Crippen LogP contribution in [0.1, 0.15) is 28.4 Å². The van der Waals surface area contributed by atoms with E-state index in [9.17, 15) is 9.90 Å². The number of benzene rings is 2. The summed E-state index contributed by atoms with van der Waals surface area (Å²) < 4.78 is 0. The Morgan fingerprint density at radius 2 is 1.80 bits per heavy atom. The fourth-order valence-electron chi connectivity index (χ4n) is 2.11. The first kappa shape index (κ1) is 14.1. The Hall–Kier alpha value is -2.29. The largest absolute Gasteiger partial charge is 0.507 e. The zero-order valence-corrected chi connectivity index (χ0v) is 12.1. The molecule has 0 heterocycles. The summed E-state index contributed by atoms with van der Waals surface area (Å²) in [5.74, 6) is -0.0963. The highest BCUT2D eigenvalue weighted by molar-refractivity contribution is 5.97. The van der Waals surface area contributed by atoms with E-state index in [1.54, 1.807) is 12.1 Å². The molecule has 0 amide bonds. The number of hydrogen-bond acceptors (Lipinski definition) is 3. The number of anilines is 1. The predicted octanol–water partition coefficient (Wildman–Crippen LogP) is 3.54. The fourth-order valence-corrected chi connectivity index (χ4v) is 2.11. The SMILES string of the molecule is CC(=O)c1ccc(N(C)Cc2ccc(C)cc2)cc1O. The molecule has 104 valence electrons. The fraction of sp³-hybridized carbons (Fsp3) is 0.235. The van der Waals surface area contributed by atoms with Gasteiger partial charge in [-0.2, -0.15) is 0 Å². The van der Waals surface area contributed by atoms with E-state index in [0.29, 0.717) is 5.56 Å². The van der Waals surface area contributed by atoms with Gasteiger partial charge in [-0.1, -0.05) is 29.8 Å². The summed E-state index contributed by atoms with van der Waals surface area (Å²) in [6.07, 6.45) is 0. The van der Waals surface area contributed by atoms with Crippen molar-refractivity contribution in [2.45, 2.75) is 20.4 Å². The Bertz CT molecular complexity index is 617. The average Bonchev–Trinajstić information content (AvgIpc) is 2.40. The van der Waals surface area contributed by atoms with Gasteiger partial charge in [-0.05, 0) is 31.5 Å². The van der Waals surface area contributed by atoms with Crippen LogP contribution in [0.15, 0.2) is 42.5 Å². The molecule has 20 heavy (non-hydrogen) atoms. The molecule has 0 fully saturated rings. The number of ketones is 1. The first-order valence-electron chi connectivity index (χ1n) is 6.58. The summed E-state index contributed by atoms with van der Waals surface area (Å²) >= 11 is 0. The second kappa shape index (κ2) is 5.78. The molecule has 2 aromatic rings. The number of aromatic hydroxyl groups is 1. The Kier molecular flexibility index (Phi) is 4.08. The highest BCUT2D eigenvalue weighted by atomic mass is 16.3. The molecule has 0 aliphatic rings. The zero-order valence-electron chi connectivity index (χ0n) is 12.1. The number of phenolic OH excluding ortho intramolecular Hbond substituents is 1. The van der Waals surface area contributed by atoms with Crippen molar-refractivity contribution in [2.24, 2.45) is 0 Å². The van der Waals surface area contributed by atoms with Crippen molar-refractivity contribution in [3.05, 3.63) is 59.2 Å². The van der Waals surface area contributed by atoms with Crippen LogP contribution in [-0.4, -0.2) is 17.9 Å². The van der Waals surface area contributed by atoms with Gasteiger partial charge in [0.05, 0.1) is 5.56 Å². The first-order chi connectivity index (χ1) is 9.47. The molecule has 1 N–H and O–H groups in total. The molecule has 3 nitrogen and oxygen atoms in total. The highest BCUT2D eigenvalue weighted by Gasteiger charge is 2.09. The number of phenols is 1. The summed E-state index contributed by atoms with van der Waals surface area (Å²) in [4.78, 5) is 13.3. The molecular formula is C17H19NO2. The van der Waals surface area contributed by atoms with Gasteiger partial charge in [0.1, 0.15) is 5.75 Å². The zero-order chi connectivity index (χ0) is 14.7. The molecule has 0 saturated carbocycles. The molecule has 0 aliphatic heterocycles. The van der Waals surface area contributed by atoms with E-state index < -0.39 is 0 Å². The Morgan fingerprint density at radius 1 is 1.15 bits per heavy atom. The Morgan fingerprint density at radius 3 is 2.35 bits per heavy atom. The van der Waals surface area contributed by atoms with Crippen LogP contribution < -0.4 is 4.90 Å². The topological polar surface area (TPSA) is 40.5 Å². The normalized spacial score (nSPS) is 10.3. The number of carbonyl (C=O) groups is 1. The van der Waals surface area contributed by atoms with Crippen LogP contribution in [0.3, 0.4) is 0 Å². The van der Waals surface area contributed by atoms with E-state index in [-0.39, 0.29) is 11.5 Å². The average molecular weight is 269 g/mol. The van der Waals surface area contributed by atoms with E-state index in [1.165, 1.54) is 18.1 Å². The van der Waals surface area contributed by atoms with Crippen LogP contribution in [-0.2, 0) is 6.54 Å². The van der Waals surface area contributed by atoms with Crippen LogP contribution in [0.25, 0.3) is 0 Å². The lowest BCUT2D eigenvalue weighted by Gasteiger charge is -2.20. The van der Waals surface area contributed by atoms with Gasteiger partial charge in [0.2, 0.25) is 0 Å². The molecule has 0 bridgehead atoms. The second-order valence-corrected chi connectivity index (χ2v) is 5.10. The quantitative estimate of drug-likeness (QED) is 0.863. The molecule has 0 aliphatic carbocycles. The smallest absolute Gasteiger partial charge is 0.163 e. The molecule has 2 aromatic carbocycles. The van der Waals surface area contributed by atoms with Crippen LogP contribution in [0, 0.1) is 6.92 Å². The number of carbonyl (C=O) groups excluding carboxylic acids is 1. The standard InChI is InChI=1S/C17H19NO2/c1-12-4-6-14(7-5-12)11-18(3)15-8-9-16(13(2)19)17(20)10-15/h4-10,20H,11H2,1-3H3. The van der Waals surface area contributed by atoms with E-state index in [0.717, 1.165) is 12.2 Å². The van der Waals surface area contributed by atoms with Crippen molar-refractivity contribution in [1.82, 2.24) is 0 Å². The molecule has 0 spiro atoms. The van der Waals surface area contributed by atoms with E-state index in [1.807, 2.05) is 18.0 Å². The molecule has 0 unspecified atom stereocenters. The lowest BCUT2D eigenvalue weighted by Crippen LogP contribution is -2.16. The molecule has 2 rings (SSSR count). The van der Waals surface area contributed by atoms with Crippen molar-refractivity contribution in [3.8, 4) is 5.75 Å². The number of Topliss-reactive ketones (excluding diaryl/α,β-unsaturated/α-hetero) is 1. The molecule has 0 aromatic heterocycles. The minimum Gasteiger partial charge on any atom is -0.507 e. The molecule has 3 heteroatoms. The van der Waals surface area contributed by atoms with E-state index >= 15 is 0 Å². The van der Waals surface area contributed by atoms with Gasteiger partial charge in [-0.25, -0.2) is 0 Å². The van der Waals surface area contributed by atoms with Crippen molar-refractivity contribution < 1.29 is 9.90 Å². The highest BCUT2D eigenvalue weighted by Crippen LogP contribution is 2.25. The van der Waals surface area contributed by atoms with Gasteiger partial charge in [0.25, 0.3) is 0 Å². The molecular weight excluding hydrogens is 250 g/mol. The van der Waals surface area contributed by atoms with Crippen molar-refractivity contribution in [2.75, 3.05) is 11.9 Å². The lowest BCUT2D eigenvalue weighted by atomic mass is 10.1. The van der Waals surface area contributed by atoms with E-state index in [4.69, 9.17) is 0 Å². The Balaban J connectivity index is 2.17. The summed E-state index contributed by atoms with van der Waals surface area (Å²) in [7, 11) is 1.96. The number of aryl methyl sites for hydroxylation is 1. The third-order valence-electron chi connectivity index (χ3n) is 3.34. The number of nitrogens with zero attached hydrogens (tertiary/aromatic N) is 1.